The summed E-state index contributed by atoms with van der Waals surface area (Å²) in [6.45, 7) is 0.393. The lowest BCUT2D eigenvalue weighted by Gasteiger charge is -2.10. The topological polar surface area (TPSA) is 61.4 Å². The number of amides is 1. The third-order valence-electron chi connectivity index (χ3n) is 2.61. The van der Waals surface area contributed by atoms with Crippen molar-refractivity contribution >= 4 is 40.2 Å². The quantitative estimate of drug-likeness (QED) is 0.719. The number of aliphatic hydroxyl groups is 1. The van der Waals surface area contributed by atoms with Gasteiger partial charge in [0, 0.05) is 17.9 Å². The van der Waals surface area contributed by atoms with Crippen molar-refractivity contribution in [1.82, 2.24) is 0 Å². The minimum Gasteiger partial charge on any atom is -0.390 e. The highest BCUT2D eigenvalue weighted by molar-refractivity contribution is 7.12. The van der Waals surface area contributed by atoms with Crippen molar-refractivity contribution in [3.63, 3.8) is 0 Å². The molecule has 0 saturated carbocycles. The fourth-order valence-electron chi connectivity index (χ4n) is 1.56. The Morgan fingerprint density at radius 1 is 1.25 bits per heavy atom. The number of anilines is 2. The summed E-state index contributed by atoms with van der Waals surface area (Å²) in [7, 11) is 0. The third-order valence-corrected chi connectivity index (χ3v) is 3.83. The molecule has 4 nitrogen and oxygen atoms in total. The molecule has 0 saturated heterocycles. The zero-order valence-electron chi connectivity index (χ0n) is 10.7. The molecular formula is C14H15ClN2O2S. The van der Waals surface area contributed by atoms with Crippen molar-refractivity contribution in [2.75, 3.05) is 23.1 Å². The molecule has 0 spiro atoms. The summed E-state index contributed by atoms with van der Waals surface area (Å²) >= 11 is 6.92. The monoisotopic (exact) mass is 310 g/mol. The molecule has 20 heavy (non-hydrogen) atoms. The van der Waals surface area contributed by atoms with Gasteiger partial charge in [-0.05, 0) is 35.7 Å². The van der Waals surface area contributed by atoms with Crippen LogP contribution in [0.25, 0.3) is 0 Å². The van der Waals surface area contributed by atoms with E-state index in [1.54, 1.807) is 18.2 Å². The second kappa shape index (κ2) is 7.28. The van der Waals surface area contributed by atoms with Crippen molar-refractivity contribution < 1.29 is 9.90 Å². The highest BCUT2D eigenvalue weighted by atomic mass is 35.5. The largest absolute Gasteiger partial charge is 0.390 e. The number of nitrogens with one attached hydrogen (secondary N) is 2. The van der Waals surface area contributed by atoms with Gasteiger partial charge >= 0.3 is 0 Å². The molecule has 0 aliphatic rings. The van der Waals surface area contributed by atoms with Crippen LogP contribution >= 0.6 is 22.9 Å². The Kier molecular flexibility index (Phi) is 5.40. The number of carbonyl (C=O) groups excluding carboxylic acids is 1. The summed E-state index contributed by atoms with van der Waals surface area (Å²) < 4.78 is 0. The average Bonchev–Trinajstić information content (AvgIpc) is 3.00. The standard InChI is InChI=1S/C14H15ClN2O2S/c15-8-12(18)9-16-10-3-5-11(6-4-10)17-14(19)13-2-1-7-20-13/h1-7,12,16,18H,8-9H2,(H,17,19). The minimum atomic E-state index is -0.574. The fourth-order valence-corrected chi connectivity index (χ4v) is 2.29. The van der Waals surface area contributed by atoms with Gasteiger partial charge in [-0.25, -0.2) is 0 Å². The molecule has 1 unspecified atom stereocenters. The van der Waals surface area contributed by atoms with Gasteiger partial charge in [0.2, 0.25) is 0 Å². The number of hydrogen-bond donors (Lipinski definition) is 3. The maximum absolute atomic E-state index is 11.8. The maximum atomic E-state index is 11.8. The van der Waals surface area contributed by atoms with Crippen LogP contribution in [0.5, 0.6) is 0 Å². The van der Waals surface area contributed by atoms with Crippen LogP contribution in [0.2, 0.25) is 0 Å². The van der Waals surface area contributed by atoms with Gasteiger partial charge in [0.05, 0.1) is 16.9 Å². The summed E-state index contributed by atoms with van der Waals surface area (Å²) in [5.74, 6) is 0.0837. The molecular weight excluding hydrogens is 296 g/mol. The molecule has 1 heterocycles. The minimum absolute atomic E-state index is 0.113. The summed E-state index contributed by atoms with van der Waals surface area (Å²) in [6.07, 6.45) is -0.574. The van der Waals surface area contributed by atoms with Crippen LogP contribution in [0, 0.1) is 0 Å². The Labute approximate surface area is 126 Å². The van der Waals surface area contributed by atoms with E-state index in [0.29, 0.717) is 11.4 Å². The molecule has 0 radical (unpaired) electrons. The van der Waals surface area contributed by atoms with Crippen molar-refractivity contribution in [2.45, 2.75) is 6.10 Å². The Balaban J connectivity index is 1.90. The number of thiophene rings is 1. The number of hydrogen-bond acceptors (Lipinski definition) is 4. The lowest BCUT2D eigenvalue weighted by atomic mass is 10.2. The van der Waals surface area contributed by atoms with E-state index in [9.17, 15) is 9.90 Å². The van der Waals surface area contributed by atoms with Gasteiger partial charge in [-0.15, -0.1) is 22.9 Å². The number of alkyl halides is 1. The molecule has 2 rings (SSSR count). The van der Waals surface area contributed by atoms with Crippen LogP contribution < -0.4 is 10.6 Å². The smallest absolute Gasteiger partial charge is 0.265 e. The summed E-state index contributed by atoms with van der Waals surface area (Å²) in [5.41, 5.74) is 1.59. The molecule has 6 heteroatoms. The molecule has 3 N–H and O–H groups in total. The zero-order valence-corrected chi connectivity index (χ0v) is 12.2. The first kappa shape index (κ1) is 14.8. The molecule has 1 aromatic carbocycles. The molecule has 106 valence electrons. The van der Waals surface area contributed by atoms with Crippen molar-refractivity contribution in [2.24, 2.45) is 0 Å². The van der Waals surface area contributed by atoms with Crippen LogP contribution in [-0.4, -0.2) is 29.5 Å². The zero-order chi connectivity index (χ0) is 14.4. The first-order chi connectivity index (χ1) is 9.69. The molecule has 2 aromatic rings. The highest BCUT2D eigenvalue weighted by Crippen LogP contribution is 2.16. The van der Waals surface area contributed by atoms with Gasteiger partial charge < -0.3 is 15.7 Å². The predicted molar refractivity (Wildman–Crippen MR) is 83.9 cm³/mol. The van der Waals surface area contributed by atoms with E-state index in [-0.39, 0.29) is 11.8 Å². The Morgan fingerprint density at radius 2 is 1.95 bits per heavy atom. The van der Waals surface area contributed by atoms with E-state index >= 15 is 0 Å². The van der Waals surface area contributed by atoms with E-state index < -0.39 is 6.10 Å². The van der Waals surface area contributed by atoms with E-state index in [1.165, 1.54) is 11.3 Å². The fraction of sp³-hybridized carbons (Fsp3) is 0.214. The lowest BCUT2D eigenvalue weighted by molar-refractivity contribution is 0.103. The second-order valence-corrected chi connectivity index (χ2v) is 5.45. The SMILES string of the molecule is O=C(Nc1ccc(NCC(O)CCl)cc1)c1cccs1. The number of aliphatic hydroxyl groups excluding tert-OH is 1. The van der Waals surface area contributed by atoms with Gasteiger partial charge in [0.15, 0.2) is 0 Å². The summed E-state index contributed by atoms with van der Waals surface area (Å²) in [4.78, 5) is 12.5. The first-order valence-corrected chi connectivity index (χ1v) is 7.53. The Hall–Kier alpha value is -1.56. The van der Waals surface area contributed by atoms with Gasteiger partial charge in [0.1, 0.15) is 0 Å². The lowest BCUT2D eigenvalue weighted by Crippen LogP contribution is -2.20. The number of benzene rings is 1. The van der Waals surface area contributed by atoms with E-state index in [2.05, 4.69) is 10.6 Å². The van der Waals surface area contributed by atoms with Crippen molar-refractivity contribution in [3.8, 4) is 0 Å². The van der Waals surface area contributed by atoms with E-state index in [0.717, 1.165) is 11.4 Å². The molecule has 0 bridgehead atoms. The molecule has 1 amide bonds. The predicted octanol–water partition coefficient (Wildman–Crippen LogP) is 3.01. The normalized spacial score (nSPS) is 11.9. The second-order valence-electron chi connectivity index (χ2n) is 4.20. The molecule has 0 aliphatic heterocycles. The van der Waals surface area contributed by atoms with E-state index in [1.807, 2.05) is 23.6 Å². The number of rotatable bonds is 6. The molecule has 0 aliphatic carbocycles. The molecule has 0 fully saturated rings. The van der Waals surface area contributed by atoms with Crippen LogP contribution in [0.15, 0.2) is 41.8 Å². The highest BCUT2D eigenvalue weighted by Gasteiger charge is 2.06. The third kappa shape index (κ3) is 4.23. The Bertz CT molecular complexity index is 543. The molecule has 1 aromatic heterocycles. The van der Waals surface area contributed by atoms with Crippen molar-refractivity contribution in [3.05, 3.63) is 46.7 Å². The average molecular weight is 311 g/mol. The van der Waals surface area contributed by atoms with Crippen LogP contribution in [-0.2, 0) is 0 Å². The van der Waals surface area contributed by atoms with Crippen LogP contribution in [0.1, 0.15) is 9.67 Å². The first-order valence-electron chi connectivity index (χ1n) is 6.12. The van der Waals surface area contributed by atoms with Gasteiger partial charge in [-0.2, -0.15) is 0 Å². The summed E-state index contributed by atoms with van der Waals surface area (Å²) in [5, 5.41) is 17.1. The summed E-state index contributed by atoms with van der Waals surface area (Å²) in [6, 6.07) is 10.9. The number of carbonyl (C=O) groups is 1. The van der Waals surface area contributed by atoms with Gasteiger partial charge in [-0.1, -0.05) is 6.07 Å². The van der Waals surface area contributed by atoms with Gasteiger partial charge in [-0.3, -0.25) is 4.79 Å². The van der Waals surface area contributed by atoms with Crippen LogP contribution in [0.3, 0.4) is 0 Å². The maximum Gasteiger partial charge on any atom is 0.265 e. The number of halogens is 1. The van der Waals surface area contributed by atoms with Crippen LogP contribution in [0.4, 0.5) is 11.4 Å². The molecule has 1 atom stereocenters. The van der Waals surface area contributed by atoms with Gasteiger partial charge in [0.25, 0.3) is 5.91 Å². The van der Waals surface area contributed by atoms with E-state index in [4.69, 9.17) is 11.6 Å². The van der Waals surface area contributed by atoms with Crippen molar-refractivity contribution in [1.29, 1.82) is 0 Å². The Morgan fingerprint density at radius 3 is 2.55 bits per heavy atom.